The number of hydrogen-bond acceptors (Lipinski definition) is 5. The molecule has 0 radical (unpaired) electrons. The molecule has 0 aromatic heterocycles. The summed E-state index contributed by atoms with van der Waals surface area (Å²) in [6.07, 6.45) is 3.32. The van der Waals surface area contributed by atoms with Gasteiger partial charge in [-0.1, -0.05) is 68.0 Å². The molecule has 228 valence electrons. The van der Waals surface area contributed by atoms with Gasteiger partial charge in [-0.25, -0.2) is 17.9 Å². The highest BCUT2D eigenvalue weighted by Gasteiger charge is 2.45. The zero-order valence-corrected chi connectivity index (χ0v) is 26.9. The fourth-order valence-corrected chi connectivity index (χ4v) is 7.76. The van der Waals surface area contributed by atoms with Gasteiger partial charge in [-0.3, -0.25) is 4.90 Å². The van der Waals surface area contributed by atoms with Crippen molar-refractivity contribution < 1.29 is 27.8 Å². The van der Waals surface area contributed by atoms with Crippen LogP contribution in [0.4, 0.5) is 4.79 Å². The standard InChI is InChI=1S/C32H44N2O6SSi/c1-39-28-14-10-24(11-15-28)18-20-41(37,38)33-30-22-27(19-21-42(2,3)4)34(32(35)36)31(30)23-40-29-16-12-26(13-17-29)25-8-6-5-7-9-25/h5-11,14-15,26-27,29-31,33H,12-13,16-18,20,22-23H2,1-4H3,(H,35,36). The molecule has 3 unspecified atom stereocenters. The minimum absolute atomic E-state index is 0.0139. The molecule has 2 aromatic carbocycles. The van der Waals surface area contributed by atoms with E-state index in [1.807, 2.05) is 18.2 Å². The van der Waals surface area contributed by atoms with E-state index in [4.69, 9.17) is 9.47 Å². The summed E-state index contributed by atoms with van der Waals surface area (Å²) in [5.41, 5.74) is 5.51. The van der Waals surface area contributed by atoms with Crippen molar-refractivity contribution in [1.29, 1.82) is 0 Å². The fraction of sp³-hybridized carbons (Fsp3) is 0.531. The summed E-state index contributed by atoms with van der Waals surface area (Å²) in [5, 5.41) is 10.2. The predicted octanol–water partition coefficient (Wildman–Crippen LogP) is 5.27. The van der Waals surface area contributed by atoms with Gasteiger partial charge in [0.1, 0.15) is 13.8 Å². The zero-order chi connectivity index (χ0) is 30.3. The monoisotopic (exact) mass is 612 g/mol. The van der Waals surface area contributed by atoms with Crippen LogP contribution in [0.3, 0.4) is 0 Å². The van der Waals surface area contributed by atoms with Crippen LogP contribution >= 0.6 is 0 Å². The van der Waals surface area contributed by atoms with Crippen molar-refractivity contribution in [2.75, 3.05) is 19.5 Å². The van der Waals surface area contributed by atoms with Crippen LogP contribution in [0, 0.1) is 11.5 Å². The maximum absolute atomic E-state index is 13.2. The van der Waals surface area contributed by atoms with Crippen molar-refractivity contribution in [2.45, 2.75) is 88.3 Å². The molecule has 8 nitrogen and oxygen atoms in total. The topological polar surface area (TPSA) is 105 Å². The van der Waals surface area contributed by atoms with Crippen molar-refractivity contribution in [3.63, 3.8) is 0 Å². The molecular weight excluding hydrogens is 569 g/mol. The van der Waals surface area contributed by atoms with Gasteiger partial charge in [-0.05, 0) is 67.7 Å². The van der Waals surface area contributed by atoms with E-state index in [2.05, 4.69) is 60.1 Å². The van der Waals surface area contributed by atoms with Crippen molar-refractivity contribution in [2.24, 2.45) is 0 Å². The first-order chi connectivity index (χ1) is 19.9. The Morgan fingerprint density at radius 1 is 1.05 bits per heavy atom. The van der Waals surface area contributed by atoms with Crippen LogP contribution in [-0.4, -0.2) is 76.3 Å². The predicted molar refractivity (Wildman–Crippen MR) is 168 cm³/mol. The SMILES string of the molecule is COc1ccc(CCS(=O)(=O)NC2CC(C#C[Si](C)(C)C)N(C(=O)O)C2COC2CCC(c3ccccc3)CC2)cc1. The number of nitrogens with zero attached hydrogens (tertiary/aromatic N) is 1. The van der Waals surface area contributed by atoms with Crippen molar-refractivity contribution in [3.8, 4) is 17.2 Å². The number of carbonyl (C=O) groups is 1. The lowest BCUT2D eigenvalue weighted by molar-refractivity contribution is -0.00583. The molecule has 0 spiro atoms. The summed E-state index contributed by atoms with van der Waals surface area (Å²) in [6.45, 7) is 6.44. The van der Waals surface area contributed by atoms with Crippen LogP contribution in [0.1, 0.15) is 49.1 Å². The molecule has 1 aliphatic carbocycles. The van der Waals surface area contributed by atoms with Crippen molar-refractivity contribution in [3.05, 3.63) is 65.7 Å². The van der Waals surface area contributed by atoms with Gasteiger partial charge in [0.2, 0.25) is 10.0 Å². The van der Waals surface area contributed by atoms with Crippen molar-refractivity contribution in [1.82, 2.24) is 9.62 Å². The number of aryl methyl sites for hydroxylation is 1. The van der Waals surface area contributed by atoms with E-state index in [0.29, 0.717) is 24.5 Å². The minimum Gasteiger partial charge on any atom is -0.497 e. The Balaban J connectivity index is 1.44. The van der Waals surface area contributed by atoms with Crippen LogP contribution in [-0.2, 0) is 21.2 Å². The van der Waals surface area contributed by atoms with Gasteiger partial charge in [0.05, 0.1) is 37.7 Å². The average Bonchev–Trinajstić information content (AvgIpc) is 3.31. The number of ether oxygens (including phenoxy) is 2. The number of methoxy groups -OCH3 is 1. The summed E-state index contributed by atoms with van der Waals surface area (Å²) in [7, 11) is -3.90. The van der Waals surface area contributed by atoms with Crippen LogP contribution in [0.15, 0.2) is 54.6 Å². The normalized spacial score (nSPS) is 24.6. The highest BCUT2D eigenvalue weighted by atomic mass is 32.2. The van der Waals surface area contributed by atoms with Gasteiger partial charge in [0.25, 0.3) is 0 Å². The third-order valence-corrected chi connectivity index (χ3v) is 10.4. The minimum atomic E-state index is -3.70. The van der Waals surface area contributed by atoms with E-state index >= 15 is 0 Å². The van der Waals surface area contributed by atoms with E-state index in [1.54, 1.807) is 19.2 Å². The van der Waals surface area contributed by atoms with E-state index in [9.17, 15) is 18.3 Å². The second-order valence-electron chi connectivity index (χ2n) is 12.4. The number of benzene rings is 2. The first-order valence-corrected chi connectivity index (χ1v) is 19.9. The van der Waals surface area contributed by atoms with Gasteiger partial charge in [-0.2, -0.15) is 0 Å². The molecule has 1 saturated heterocycles. The summed E-state index contributed by atoms with van der Waals surface area (Å²) in [5.74, 6) is 4.29. The number of amides is 1. The number of rotatable bonds is 10. The van der Waals surface area contributed by atoms with Crippen LogP contribution in [0.2, 0.25) is 19.6 Å². The molecule has 4 rings (SSSR count). The van der Waals surface area contributed by atoms with Crippen LogP contribution < -0.4 is 9.46 Å². The smallest absolute Gasteiger partial charge is 0.408 e. The molecule has 2 aliphatic rings. The maximum atomic E-state index is 13.2. The summed E-state index contributed by atoms with van der Waals surface area (Å²) in [4.78, 5) is 13.8. The Hall–Kier alpha value is -2.84. The summed E-state index contributed by atoms with van der Waals surface area (Å²) >= 11 is 0. The Labute approximate surface area is 251 Å². The Kier molecular flexibility index (Phi) is 10.8. The Morgan fingerprint density at radius 3 is 2.31 bits per heavy atom. The number of sulfonamides is 1. The summed E-state index contributed by atoms with van der Waals surface area (Å²) in [6, 6.07) is 15.9. The molecule has 2 N–H and O–H groups in total. The van der Waals surface area contributed by atoms with E-state index in [0.717, 1.165) is 31.2 Å². The average molecular weight is 613 g/mol. The highest BCUT2D eigenvalue weighted by Crippen LogP contribution is 2.35. The molecule has 2 fully saturated rings. The lowest BCUT2D eigenvalue weighted by Crippen LogP contribution is -2.50. The van der Waals surface area contributed by atoms with Gasteiger partial charge in [0.15, 0.2) is 0 Å². The number of nitrogens with one attached hydrogen (secondary N) is 1. The number of carboxylic acid groups (broad SMARTS) is 1. The summed E-state index contributed by atoms with van der Waals surface area (Å²) < 4.78 is 40.8. The quantitative estimate of drug-likeness (QED) is 0.280. The first kappa shape index (κ1) is 32.1. The molecule has 0 bridgehead atoms. The first-order valence-electron chi connectivity index (χ1n) is 14.8. The van der Waals surface area contributed by atoms with Gasteiger partial charge in [0, 0.05) is 6.04 Å². The molecular formula is C32H44N2O6SSi. The third-order valence-electron chi connectivity index (χ3n) is 8.07. The Morgan fingerprint density at radius 2 is 1.71 bits per heavy atom. The third kappa shape index (κ3) is 9.08. The lowest BCUT2D eigenvalue weighted by atomic mass is 9.83. The van der Waals surface area contributed by atoms with Gasteiger partial charge >= 0.3 is 6.09 Å². The molecule has 1 aliphatic heterocycles. The Bertz CT molecular complexity index is 1340. The highest BCUT2D eigenvalue weighted by molar-refractivity contribution is 7.89. The van der Waals surface area contributed by atoms with Gasteiger partial charge in [-0.15, -0.1) is 5.54 Å². The lowest BCUT2D eigenvalue weighted by Gasteiger charge is -2.32. The second-order valence-corrected chi connectivity index (χ2v) is 19.0. The van der Waals surface area contributed by atoms with Gasteiger partial charge < -0.3 is 14.6 Å². The molecule has 1 saturated carbocycles. The number of hydrogen-bond donors (Lipinski definition) is 2. The van der Waals surface area contributed by atoms with E-state index in [-0.39, 0.29) is 18.5 Å². The molecule has 1 heterocycles. The van der Waals surface area contributed by atoms with Crippen LogP contribution in [0.25, 0.3) is 0 Å². The largest absolute Gasteiger partial charge is 0.497 e. The molecule has 10 heteroatoms. The molecule has 42 heavy (non-hydrogen) atoms. The molecule has 2 aromatic rings. The van der Waals surface area contributed by atoms with E-state index in [1.165, 1.54) is 10.5 Å². The molecule has 1 amide bonds. The number of likely N-dealkylation sites (tertiary alicyclic amines) is 1. The fourth-order valence-electron chi connectivity index (χ4n) is 5.82. The maximum Gasteiger partial charge on any atom is 0.408 e. The van der Waals surface area contributed by atoms with Crippen molar-refractivity contribution >= 4 is 24.2 Å². The second kappa shape index (κ2) is 14.1. The van der Waals surface area contributed by atoms with E-state index < -0.39 is 42.3 Å². The molecule has 3 atom stereocenters. The zero-order valence-electron chi connectivity index (χ0n) is 25.1. The van der Waals surface area contributed by atoms with Crippen LogP contribution in [0.5, 0.6) is 5.75 Å².